The van der Waals surface area contributed by atoms with E-state index in [1.54, 1.807) is 18.2 Å². The number of rotatable bonds is 6. The molecule has 0 spiro atoms. The third kappa shape index (κ3) is 4.10. The standard InChI is InChI=1S/C14H23NO2S/c1-4-11(5-2)9-14(15)12-7-6-8-13(10-12)18(3,16)17/h6-8,10-11,14H,4-5,9,15H2,1-3H3. The lowest BCUT2D eigenvalue weighted by atomic mass is 9.92. The molecule has 102 valence electrons. The average molecular weight is 269 g/mol. The van der Waals surface area contributed by atoms with Gasteiger partial charge in [-0.25, -0.2) is 8.42 Å². The van der Waals surface area contributed by atoms with Gasteiger partial charge in [0, 0.05) is 12.3 Å². The predicted octanol–water partition coefficient (Wildman–Crippen LogP) is 2.92. The van der Waals surface area contributed by atoms with Gasteiger partial charge in [0.25, 0.3) is 0 Å². The summed E-state index contributed by atoms with van der Waals surface area (Å²) in [6.45, 7) is 4.32. The Balaban J connectivity index is 2.90. The number of hydrogen-bond acceptors (Lipinski definition) is 3. The smallest absolute Gasteiger partial charge is 0.175 e. The molecular formula is C14H23NO2S. The van der Waals surface area contributed by atoms with Gasteiger partial charge in [-0.05, 0) is 30.0 Å². The highest BCUT2D eigenvalue weighted by Gasteiger charge is 2.14. The summed E-state index contributed by atoms with van der Waals surface area (Å²) in [5, 5.41) is 0. The lowest BCUT2D eigenvalue weighted by Gasteiger charge is -2.19. The van der Waals surface area contributed by atoms with Gasteiger partial charge in [0.2, 0.25) is 0 Å². The fourth-order valence-corrected chi connectivity index (χ4v) is 2.77. The largest absolute Gasteiger partial charge is 0.324 e. The highest BCUT2D eigenvalue weighted by atomic mass is 32.2. The van der Waals surface area contributed by atoms with Crippen LogP contribution in [-0.4, -0.2) is 14.7 Å². The van der Waals surface area contributed by atoms with Crippen LogP contribution in [-0.2, 0) is 9.84 Å². The minimum Gasteiger partial charge on any atom is -0.324 e. The summed E-state index contributed by atoms with van der Waals surface area (Å²) in [5.74, 6) is 0.599. The van der Waals surface area contributed by atoms with Crippen molar-refractivity contribution in [1.29, 1.82) is 0 Å². The molecule has 0 amide bonds. The fourth-order valence-electron chi connectivity index (χ4n) is 2.09. The van der Waals surface area contributed by atoms with Gasteiger partial charge < -0.3 is 5.73 Å². The van der Waals surface area contributed by atoms with Crippen LogP contribution in [0.1, 0.15) is 44.7 Å². The number of nitrogens with two attached hydrogens (primary N) is 1. The first kappa shape index (κ1) is 15.2. The zero-order chi connectivity index (χ0) is 13.8. The summed E-state index contributed by atoms with van der Waals surface area (Å²) in [6, 6.07) is 6.89. The summed E-state index contributed by atoms with van der Waals surface area (Å²) in [4.78, 5) is 0.347. The Kier molecular flexibility index (Phi) is 5.35. The van der Waals surface area contributed by atoms with Gasteiger partial charge >= 0.3 is 0 Å². The van der Waals surface area contributed by atoms with E-state index >= 15 is 0 Å². The summed E-state index contributed by atoms with van der Waals surface area (Å²) in [7, 11) is -3.15. The van der Waals surface area contributed by atoms with E-state index in [1.807, 2.05) is 6.07 Å². The van der Waals surface area contributed by atoms with E-state index in [4.69, 9.17) is 5.73 Å². The highest BCUT2D eigenvalue weighted by molar-refractivity contribution is 7.90. The van der Waals surface area contributed by atoms with Crippen molar-refractivity contribution < 1.29 is 8.42 Å². The van der Waals surface area contributed by atoms with Gasteiger partial charge in [0.05, 0.1) is 4.90 Å². The molecule has 0 aliphatic heterocycles. The first-order valence-corrected chi connectivity index (χ1v) is 8.33. The first-order chi connectivity index (χ1) is 8.38. The monoisotopic (exact) mass is 269 g/mol. The summed E-state index contributed by atoms with van der Waals surface area (Å²) < 4.78 is 23.0. The molecule has 1 unspecified atom stereocenters. The molecule has 0 aliphatic carbocycles. The van der Waals surface area contributed by atoms with Crippen molar-refractivity contribution in [2.75, 3.05) is 6.26 Å². The molecule has 2 N–H and O–H groups in total. The Morgan fingerprint density at radius 1 is 1.22 bits per heavy atom. The Labute approximate surface area is 110 Å². The Hall–Kier alpha value is -0.870. The molecule has 0 bridgehead atoms. The van der Waals surface area contributed by atoms with Crippen LogP contribution in [0.3, 0.4) is 0 Å². The van der Waals surface area contributed by atoms with E-state index in [0.717, 1.165) is 24.8 Å². The molecule has 0 radical (unpaired) electrons. The zero-order valence-electron chi connectivity index (χ0n) is 11.4. The minimum atomic E-state index is -3.15. The van der Waals surface area contributed by atoms with Crippen molar-refractivity contribution in [1.82, 2.24) is 0 Å². The maximum Gasteiger partial charge on any atom is 0.175 e. The highest BCUT2D eigenvalue weighted by Crippen LogP contribution is 2.24. The third-order valence-electron chi connectivity index (χ3n) is 3.46. The summed E-state index contributed by atoms with van der Waals surface area (Å²) in [6.07, 6.45) is 4.34. The maximum absolute atomic E-state index is 11.5. The van der Waals surface area contributed by atoms with E-state index in [0.29, 0.717) is 10.8 Å². The second-order valence-corrected chi connectivity index (χ2v) is 6.89. The SMILES string of the molecule is CCC(CC)CC(N)c1cccc(S(C)(=O)=O)c1. The molecule has 1 atom stereocenters. The van der Waals surface area contributed by atoms with E-state index in [-0.39, 0.29) is 6.04 Å². The van der Waals surface area contributed by atoms with Crippen LogP contribution in [0.2, 0.25) is 0 Å². The van der Waals surface area contributed by atoms with Gasteiger partial charge in [-0.1, -0.05) is 38.8 Å². The van der Waals surface area contributed by atoms with E-state index in [2.05, 4.69) is 13.8 Å². The molecule has 0 heterocycles. The fraction of sp³-hybridized carbons (Fsp3) is 0.571. The van der Waals surface area contributed by atoms with Gasteiger partial charge in [-0.3, -0.25) is 0 Å². The van der Waals surface area contributed by atoms with Crippen LogP contribution in [0.25, 0.3) is 0 Å². The normalized spacial score (nSPS) is 13.8. The Morgan fingerprint density at radius 2 is 1.83 bits per heavy atom. The van der Waals surface area contributed by atoms with Gasteiger partial charge in [-0.15, -0.1) is 0 Å². The quantitative estimate of drug-likeness (QED) is 0.863. The number of benzene rings is 1. The molecule has 3 nitrogen and oxygen atoms in total. The molecule has 0 fully saturated rings. The van der Waals surface area contributed by atoms with Crippen molar-refractivity contribution in [2.24, 2.45) is 11.7 Å². The number of hydrogen-bond donors (Lipinski definition) is 1. The van der Waals surface area contributed by atoms with Crippen LogP contribution in [0.15, 0.2) is 29.2 Å². The Morgan fingerprint density at radius 3 is 2.33 bits per heavy atom. The minimum absolute atomic E-state index is 0.0865. The molecule has 0 aliphatic rings. The predicted molar refractivity (Wildman–Crippen MR) is 75.2 cm³/mol. The zero-order valence-corrected chi connectivity index (χ0v) is 12.2. The van der Waals surface area contributed by atoms with Crippen LogP contribution in [0, 0.1) is 5.92 Å². The van der Waals surface area contributed by atoms with Gasteiger partial charge in [0.15, 0.2) is 9.84 Å². The van der Waals surface area contributed by atoms with Crippen LogP contribution in [0.5, 0.6) is 0 Å². The molecule has 0 saturated carbocycles. The summed E-state index contributed by atoms with van der Waals surface area (Å²) >= 11 is 0. The van der Waals surface area contributed by atoms with Crippen molar-refractivity contribution in [3.05, 3.63) is 29.8 Å². The molecule has 18 heavy (non-hydrogen) atoms. The van der Waals surface area contributed by atoms with Crippen molar-refractivity contribution in [3.63, 3.8) is 0 Å². The van der Waals surface area contributed by atoms with Crippen LogP contribution in [0.4, 0.5) is 0 Å². The second-order valence-electron chi connectivity index (χ2n) is 4.87. The molecule has 0 saturated heterocycles. The van der Waals surface area contributed by atoms with E-state index in [1.165, 1.54) is 6.26 Å². The van der Waals surface area contributed by atoms with Crippen molar-refractivity contribution in [2.45, 2.75) is 44.0 Å². The first-order valence-electron chi connectivity index (χ1n) is 6.44. The van der Waals surface area contributed by atoms with Crippen molar-refractivity contribution >= 4 is 9.84 Å². The van der Waals surface area contributed by atoms with Crippen LogP contribution >= 0.6 is 0 Å². The third-order valence-corrected chi connectivity index (χ3v) is 4.57. The topological polar surface area (TPSA) is 60.2 Å². The molecule has 1 aromatic rings. The second kappa shape index (κ2) is 6.34. The molecular weight excluding hydrogens is 246 g/mol. The lowest BCUT2D eigenvalue weighted by Crippen LogP contribution is -2.15. The lowest BCUT2D eigenvalue weighted by molar-refractivity contribution is 0.414. The maximum atomic E-state index is 11.5. The van der Waals surface area contributed by atoms with Gasteiger partial charge in [-0.2, -0.15) is 0 Å². The molecule has 0 aromatic heterocycles. The van der Waals surface area contributed by atoms with E-state index < -0.39 is 9.84 Å². The van der Waals surface area contributed by atoms with Crippen molar-refractivity contribution in [3.8, 4) is 0 Å². The summed E-state index contributed by atoms with van der Waals surface area (Å²) in [5.41, 5.74) is 7.07. The van der Waals surface area contributed by atoms with E-state index in [9.17, 15) is 8.42 Å². The Bertz CT molecular complexity index is 478. The molecule has 1 rings (SSSR count). The average Bonchev–Trinajstić information content (AvgIpc) is 2.34. The van der Waals surface area contributed by atoms with Gasteiger partial charge in [0.1, 0.15) is 0 Å². The van der Waals surface area contributed by atoms with Crippen LogP contribution < -0.4 is 5.73 Å². The molecule has 4 heteroatoms. The number of sulfone groups is 1. The molecule has 1 aromatic carbocycles.